The molecule has 3 heteroatoms. The van der Waals surface area contributed by atoms with Crippen molar-refractivity contribution >= 4 is 0 Å². The molecule has 86 valence electrons. The Morgan fingerprint density at radius 2 is 1.93 bits per heavy atom. The molecule has 0 aromatic carbocycles. The predicted octanol–water partition coefficient (Wildman–Crippen LogP) is 1.11. The van der Waals surface area contributed by atoms with E-state index in [1.165, 1.54) is 12.8 Å². The third-order valence-corrected chi connectivity index (χ3v) is 2.75. The monoisotopic (exact) mass is 202 g/mol. The third kappa shape index (κ3) is 5.58. The van der Waals surface area contributed by atoms with Crippen molar-refractivity contribution in [2.75, 3.05) is 13.2 Å². The van der Waals surface area contributed by atoms with Crippen LogP contribution >= 0.6 is 0 Å². The van der Waals surface area contributed by atoms with Crippen LogP contribution in [0, 0.1) is 5.92 Å². The number of hydrogen-bond acceptors (Lipinski definition) is 3. The van der Waals surface area contributed by atoms with Gasteiger partial charge in [-0.25, -0.2) is 0 Å². The number of nitrogens with one attached hydrogen (secondary N) is 1. The lowest BCUT2D eigenvalue weighted by atomic mass is 9.96. The van der Waals surface area contributed by atoms with Crippen molar-refractivity contribution in [2.24, 2.45) is 11.7 Å². The Balaban J connectivity index is 3.87. The van der Waals surface area contributed by atoms with Crippen LogP contribution in [-0.2, 0) is 0 Å². The molecule has 4 N–H and O–H groups in total. The molecular formula is C11H26N2O. The fraction of sp³-hybridized carbons (Fsp3) is 1.00. The number of nitrogens with two attached hydrogens (primary N) is 1. The van der Waals surface area contributed by atoms with E-state index in [-0.39, 0.29) is 6.61 Å². The van der Waals surface area contributed by atoms with E-state index >= 15 is 0 Å². The zero-order chi connectivity index (χ0) is 11.0. The molecule has 0 bridgehead atoms. The maximum Gasteiger partial charge on any atom is 0.0445 e. The van der Waals surface area contributed by atoms with Crippen molar-refractivity contribution in [1.82, 2.24) is 5.32 Å². The smallest absolute Gasteiger partial charge is 0.0445 e. The van der Waals surface area contributed by atoms with Crippen molar-refractivity contribution in [2.45, 2.75) is 52.1 Å². The fourth-order valence-corrected chi connectivity index (χ4v) is 1.76. The molecule has 0 aliphatic heterocycles. The van der Waals surface area contributed by atoms with Crippen LogP contribution in [0.5, 0.6) is 0 Å². The normalized spacial score (nSPS) is 17.8. The van der Waals surface area contributed by atoms with Gasteiger partial charge in [0.25, 0.3) is 0 Å². The highest BCUT2D eigenvalue weighted by molar-refractivity contribution is 4.77. The molecule has 0 saturated carbocycles. The van der Waals surface area contributed by atoms with Crippen molar-refractivity contribution in [3.05, 3.63) is 0 Å². The molecule has 14 heavy (non-hydrogen) atoms. The summed E-state index contributed by atoms with van der Waals surface area (Å²) >= 11 is 0. The Morgan fingerprint density at radius 1 is 1.29 bits per heavy atom. The minimum Gasteiger partial charge on any atom is -0.396 e. The number of aliphatic hydroxyl groups is 1. The fourth-order valence-electron chi connectivity index (χ4n) is 1.76. The van der Waals surface area contributed by atoms with Gasteiger partial charge in [0.2, 0.25) is 0 Å². The molecule has 0 amide bonds. The molecule has 0 radical (unpaired) electrons. The Labute approximate surface area is 88.1 Å². The molecule has 0 aromatic rings. The van der Waals surface area contributed by atoms with Crippen molar-refractivity contribution in [3.8, 4) is 0 Å². The van der Waals surface area contributed by atoms with E-state index < -0.39 is 0 Å². The molecule has 3 unspecified atom stereocenters. The van der Waals surface area contributed by atoms with Gasteiger partial charge in [0.15, 0.2) is 0 Å². The standard InChI is InChI=1S/C11H26N2O/c1-4-5-9(2)11(8-12)13-10(3)6-7-14/h9-11,13-14H,4-8,12H2,1-3H3. The Morgan fingerprint density at radius 3 is 2.36 bits per heavy atom. The van der Waals surface area contributed by atoms with Crippen molar-refractivity contribution < 1.29 is 5.11 Å². The lowest BCUT2D eigenvalue weighted by Crippen LogP contribution is -2.45. The van der Waals surface area contributed by atoms with Crippen LogP contribution in [0.3, 0.4) is 0 Å². The van der Waals surface area contributed by atoms with Crippen LogP contribution in [0.4, 0.5) is 0 Å². The highest BCUT2D eigenvalue weighted by atomic mass is 16.3. The first-order valence-corrected chi connectivity index (χ1v) is 5.72. The second-order valence-electron chi connectivity index (χ2n) is 4.19. The molecule has 0 aliphatic rings. The van der Waals surface area contributed by atoms with Crippen LogP contribution in [0.15, 0.2) is 0 Å². The van der Waals surface area contributed by atoms with Crippen molar-refractivity contribution in [1.29, 1.82) is 0 Å². The van der Waals surface area contributed by atoms with Gasteiger partial charge in [-0.15, -0.1) is 0 Å². The van der Waals surface area contributed by atoms with Gasteiger partial charge in [-0.3, -0.25) is 0 Å². The van der Waals surface area contributed by atoms with Crippen LogP contribution in [-0.4, -0.2) is 30.3 Å². The SMILES string of the molecule is CCCC(C)C(CN)NC(C)CCO. The second-order valence-corrected chi connectivity index (χ2v) is 4.19. The van der Waals surface area contributed by atoms with E-state index in [0.717, 1.165) is 6.42 Å². The maximum absolute atomic E-state index is 8.79. The van der Waals surface area contributed by atoms with E-state index in [1.807, 2.05) is 0 Å². The first-order valence-electron chi connectivity index (χ1n) is 5.72. The van der Waals surface area contributed by atoms with E-state index in [2.05, 4.69) is 26.1 Å². The van der Waals surface area contributed by atoms with Gasteiger partial charge in [-0.1, -0.05) is 20.3 Å². The summed E-state index contributed by atoms with van der Waals surface area (Å²) < 4.78 is 0. The molecule has 0 fully saturated rings. The third-order valence-electron chi connectivity index (χ3n) is 2.75. The lowest BCUT2D eigenvalue weighted by Gasteiger charge is -2.27. The summed E-state index contributed by atoms with van der Waals surface area (Å²) in [5, 5.41) is 12.3. The summed E-state index contributed by atoms with van der Waals surface area (Å²) in [5.41, 5.74) is 5.72. The first-order chi connectivity index (χ1) is 6.65. The van der Waals surface area contributed by atoms with Crippen LogP contribution < -0.4 is 11.1 Å². The van der Waals surface area contributed by atoms with E-state index in [9.17, 15) is 0 Å². The van der Waals surface area contributed by atoms with Gasteiger partial charge < -0.3 is 16.2 Å². The molecule has 3 atom stereocenters. The summed E-state index contributed by atoms with van der Waals surface area (Å²) in [6, 6.07) is 0.740. The Hall–Kier alpha value is -0.120. The molecule has 0 spiro atoms. The molecule has 0 aliphatic carbocycles. The Bertz CT molecular complexity index is 130. The van der Waals surface area contributed by atoms with Gasteiger partial charge in [0, 0.05) is 25.2 Å². The van der Waals surface area contributed by atoms with E-state index in [0.29, 0.717) is 24.5 Å². The van der Waals surface area contributed by atoms with Crippen LogP contribution in [0.25, 0.3) is 0 Å². The topological polar surface area (TPSA) is 58.3 Å². The minimum absolute atomic E-state index is 0.244. The largest absolute Gasteiger partial charge is 0.396 e. The number of rotatable bonds is 8. The quantitative estimate of drug-likeness (QED) is 0.552. The van der Waals surface area contributed by atoms with Gasteiger partial charge in [0.1, 0.15) is 0 Å². The summed E-state index contributed by atoms with van der Waals surface area (Å²) in [6.07, 6.45) is 3.21. The molecule has 0 rings (SSSR count). The van der Waals surface area contributed by atoms with E-state index in [4.69, 9.17) is 10.8 Å². The summed E-state index contributed by atoms with van der Waals surface area (Å²) in [5.74, 6) is 0.617. The maximum atomic E-state index is 8.79. The first kappa shape index (κ1) is 13.9. The second kappa shape index (κ2) is 8.21. The van der Waals surface area contributed by atoms with Gasteiger partial charge >= 0.3 is 0 Å². The van der Waals surface area contributed by atoms with Crippen molar-refractivity contribution in [3.63, 3.8) is 0 Å². The van der Waals surface area contributed by atoms with Gasteiger partial charge in [-0.2, -0.15) is 0 Å². The van der Waals surface area contributed by atoms with Crippen LogP contribution in [0.1, 0.15) is 40.0 Å². The highest BCUT2D eigenvalue weighted by Crippen LogP contribution is 2.10. The number of aliphatic hydroxyl groups excluding tert-OH is 1. The molecule has 0 saturated heterocycles. The Kier molecular flexibility index (Phi) is 8.14. The minimum atomic E-state index is 0.244. The summed E-state index contributed by atoms with van der Waals surface area (Å²) in [6.45, 7) is 7.45. The average molecular weight is 202 g/mol. The number of hydrogen-bond donors (Lipinski definition) is 3. The van der Waals surface area contributed by atoms with Gasteiger partial charge in [0.05, 0.1) is 0 Å². The summed E-state index contributed by atoms with van der Waals surface area (Å²) in [4.78, 5) is 0. The molecule has 3 nitrogen and oxygen atoms in total. The van der Waals surface area contributed by atoms with Gasteiger partial charge in [-0.05, 0) is 25.7 Å². The molecular weight excluding hydrogens is 176 g/mol. The molecule has 0 aromatic heterocycles. The highest BCUT2D eigenvalue weighted by Gasteiger charge is 2.16. The predicted molar refractivity (Wildman–Crippen MR) is 61.2 cm³/mol. The molecule has 0 heterocycles. The lowest BCUT2D eigenvalue weighted by molar-refractivity contribution is 0.250. The zero-order valence-electron chi connectivity index (χ0n) is 9.79. The van der Waals surface area contributed by atoms with E-state index in [1.54, 1.807) is 0 Å². The van der Waals surface area contributed by atoms with Crippen LogP contribution in [0.2, 0.25) is 0 Å². The summed E-state index contributed by atoms with van der Waals surface area (Å²) in [7, 11) is 0. The average Bonchev–Trinajstić information content (AvgIpc) is 2.15. The zero-order valence-corrected chi connectivity index (χ0v) is 9.79.